The van der Waals surface area contributed by atoms with Crippen molar-refractivity contribution in [3.05, 3.63) is 59.4 Å². The number of ether oxygens (including phenoxy) is 1. The van der Waals surface area contributed by atoms with E-state index in [0.717, 1.165) is 11.1 Å². The highest BCUT2D eigenvalue weighted by Crippen LogP contribution is 2.29. The fourth-order valence-corrected chi connectivity index (χ4v) is 2.15. The number of para-hydroxylation sites is 1. The number of hydrogen-bond donors (Lipinski definition) is 1. The van der Waals surface area contributed by atoms with Gasteiger partial charge >= 0.3 is 0 Å². The van der Waals surface area contributed by atoms with Crippen molar-refractivity contribution in [2.45, 2.75) is 32.4 Å². The van der Waals surface area contributed by atoms with Crippen molar-refractivity contribution in [3.8, 4) is 11.5 Å². The first kappa shape index (κ1) is 13.1. The highest BCUT2D eigenvalue weighted by atomic mass is 19.1. The quantitative estimate of drug-likeness (QED) is 0.881. The summed E-state index contributed by atoms with van der Waals surface area (Å²) < 4.78 is 19.8. The number of nitrogens with one attached hydrogen (secondary N) is 1. The van der Waals surface area contributed by atoms with Crippen LogP contribution >= 0.6 is 0 Å². The van der Waals surface area contributed by atoms with Crippen LogP contribution in [0, 0.1) is 12.7 Å². The lowest BCUT2D eigenvalue weighted by molar-refractivity contribution is 0.433. The highest BCUT2D eigenvalue weighted by Gasteiger charge is 2.21. The van der Waals surface area contributed by atoms with Gasteiger partial charge in [-0.15, -0.1) is 0 Å². The standard InChI is InChI=1S/C17H18FNO/c1-12-4-2-6-15(10-12)20-17-13(5-3-7-16(17)18)11-19-14-8-9-14/h2-7,10,14,19H,8-9,11H2,1H3. The normalized spacial score (nSPS) is 14.3. The van der Waals surface area contributed by atoms with Gasteiger partial charge in [-0.2, -0.15) is 0 Å². The van der Waals surface area contributed by atoms with Gasteiger partial charge in [0.2, 0.25) is 0 Å². The van der Waals surface area contributed by atoms with E-state index in [-0.39, 0.29) is 5.82 Å². The van der Waals surface area contributed by atoms with E-state index in [9.17, 15) is 4.39 Å². The third-order valence-electron chi connectivity index (χ3n) is 3.42. The van der Waals surface area contributed by atoms with Gasteiger partial charge in [-0.1, -0.05) is 24.3 Å². The van der Waals surface area contributed by atoms with E-state index in [4.69, 9.17) is 4.74 Å². The number of aryl methyl sites for hydroxylation is 1. The topological polar surface area (TPSA) is 21.3 Å². The molecule has 2 aromatic carbocycles. The van der Waals surface area contributed by atoms with E-state index >= 15 is 0 Å². The van der Waals surface area contributed by atoms with E-state index in [2.05, 4.69) is 5.32 Å². The maximum absolute atomic E-state index is 14.0. The van der Waals surface area contributed by atoms with Crippen LogP contribution in [0.5, 0.6) is 11.5 Å². The second kappa shape index (κ2) is 5.63. The SMILES string of the molecule is Cc1cccc(Oc2c(F)cccc2CNC2CC2)c1. The summed E-state index contributed by atoms with van der Waals surface area (Å²) >= 11 is 0. The van der Waals surface area contributed by atoms with Crippen LogP contribution in [0.1, 0.15) is 24.0 Å². The molecule has 1 aliphatic rings. The molecule has 0 spiro atoms. The molecule has 104 valence electrons. The van der Waals surface area contributed by atoms with Crippen LogP contribution in [-0.2, 0) is 6.54 Å². The molecule has 20 heavy (non-hydrogen) atoms. The lowest BCUT2D eigenvalue weighted by Gasteiger charge is -2.13. The van der Waals surface area contributed by atoms with Crippen molar-refractivity contribution in [3.63, 3.8) is 0 Å². The molecule has 2 aromatic rings. The highest BCUT2D eigenvalue weighted by molar-refractivity contribution is 5.40. The van der Waals surface area contributed by atoms with Gasteiger partial charge in [-0.05, 0) is 43.5 Å². The molecule has 1 aliphatic carbocycles. The molecule has 2 nitrogen and oxygen atoms in total. The van der Waals surface area contributed by atoms with Gasteiger partial charge in [0.25, 0.3) is 0 Å². The van der Waals surface area contributed by atoms with Crippen LogP contribution in [0.3, 0.4) is 0 Å². The van der Waals surface area contributed by atoms with E-state index in [1.807, 2.05) is 37.3 Å². The summed E-state index contributed by atoms with van der Waals surface area (Å²) in [4.78, 5) is 0. The molecule has 0 aliphatic heterocycles. The molecule has 1 saturated carbocycles. The Kier molecular flexibility index (Phi) is 3.70. The average Bonchev–Trinajstić information content (AvgIpc) is 3.24. The maximum atomic E-state index is 14.0. The predicted molar refractivity (Wildman–Crippen MR) is 77.5 cm³/mol. The van der Waals surface area contributed by atoms with Crippen molar-refractivity contribution >= 4 is 0 Å². The van der Waals surface area contributed by atoms with Crippen molar-refractivity contribution in [2.75, 3.05) is 0 Å². The molecule has 0 heterocycles. The number of halogens is 1. The summed E-state index contributed by atoms with van der Waals surface area (Å²) in [7, 11) is 0. The Balaban J connectivity index is 1.82. The summed E-state index contributed by atoms with van der Waals surface area (Å²) in [6, 6.07) is 13.3. The van der Waals surface area contributed by atoms with E-state index < -0.39 is 0 Å². The zero-order chi connectivity index (χ0) is 13.9. The molecule has 3 rings (SSSR count). The Morgan fingerprint density at radius 2 is 2.00 bits per heavy atom. The Hall–Kier alpha value is -1.87. The molecule has 0 unspecified atom stereocenters. The molecular weight excluding hydrogens is 253 g/mol. The fourth-order valence-electron chi connectivity index (χ4n) is 2.15. The van der Waals surface area contributed by atoms with Crippen molar-refractivity contribution < 1.29 is 9.13 Å². The number of hydrogen-bond acceptors (Lipinski definition) is 2. The zero-order valence-electron chi connectivity index (χ0n) is 11.5. The Bertz CT molecular complexity index is 608. The van der Waals surface area contributed by atoms with Crippen LogP contribution < -0.4 is 10.1 Å². The second-order valence-electron chi connectivity index (χ2n) is 5.30. The fraction of sp³-hybridized carbons (Fsp3) is 0.294. The third-order valence-corrected chi connectivity index (χ3v) is 3.42. The van der Waals surface area contributed by atoms with Gasteiger partial charge in [-0.3, -0.25) is 0 Å². The molecule has 0 aromatic heterocycles. The summed E-state index contributed by atoms with van der Waals surface area (Å²) in [6.07, 6.45) is 2.42. The Morgan fingerprint density at radius 3 is 2.75 bits per heavy atom. The monoisotopic (exact) mass is 271 g/mol. The third kappa shape index (κ3) is 3.17. The van der Waals surface area contributed by atoms with Gasteiger partial charge in [-0.25, -0.2) is 4.39 Å². The summed E-state index contributed by atoms with van der Waals surface area (Å²) in [5, 5.41) is 3.39. The summed E-state index contributed by atoms with van der Waals surface area (Å²) in [5.74, 6) is 0.677. The van der Waals surface area contributed by atoms with Crippen LogP contribution in [0.15, 0.2) is 42.5 Å². The maximum Gasteiger partial charge on any atom is 0.167 e. The molecule has 0 saturated heterocycles. The number of benzene rings is 2. The van der Waals surface area contributed by atoms with Gasteiger partial charge in [0, 0.05) is 18.2 Å². The van der Waals surface area contributed by atoms with Crippen LogP contribution in [0.4, 0.5) is 4.39 Å². The first-order valence-corrected chi connectivity index (χ1v) is 6.97. The molecule has 1 N–H and O–H groups in total. The van der Waals surface area contributed by atoms with E-state index in [1.54, 1.807) is 6.07 Å². The molecule has 0 atom stereocenters. The average molecular weight is 271 g/mol. The van der Waals surface area contributed by atoms with Gasteiger partial charge in [0.15, 0.2) is 11.6 Å². The zero-order valence-corrected chi connectivity index (χ0v) is 11.5. The number of rotatable bonds is 5. The smallest absolute Gasteiger partial charge is 0.167 e. The van der Waals surface area contributed by atoms with Gasteiger partial charge in [0.05, 0.1) is 0 Å². The second-order valence-corrected chi connectivity index (χ2v) is 5.30. The van der Waals surface area contributed by atoms with Gasteiger partial charge < -0.3 is 10.1 Å². The molecule has 0 radical (unpaired) electrons. The summed E-state index contributed by atoms with van der Waals surface area (Å²) in [6.45, 7) is 2.63. The van der Waals surface area contributed by atoms with Crippen LogP contribution in [-0.4, -0.2) is 6.04 Å². The minimum Gasteiger partial charge on any atom is -0.454 e. The predicted octanol–water partition coefficient (Wildman–Crippen LogP) is 4.18. The lowest BCUT2D eigenvalue weighted by atomic mass is 10.2. The van der Waals surface area contributed by atoms with Crippen molar-refractivity contribution in [2.24, 2.45) is 0 Å². The Morgan fingerprint density at radius 1 is 1.20 bits per heavy atom. The minimum absolute atomic E-state index is 0.318. The first-order valence-electron chi connectivity index (χ1n) is 6.97. The minimum atomic E-state index is -0.318. The molecule has 0 amide bonds. The molecule has 3 heteroatoms. The Labute approximate surface area is 118 Å². The largest absolute Gasteiger partial charge is 0.454 e. The lowest BCUT2D eigenvalue weighted by Crippen LogP contribution is -2.16. The van der Waals surface area contributed by atoms with E-state index in [1.165, 1.54) is 18.9 Å². The van der Waals surface area contributed by atoms with Crippen molar-refractivity contribution in [1.82, 2.24) is 5.32 Å². The summed E-state index contributed by atoms with van der Waals surface area (Å²) in [5.41, 5.74) is 1.95. The van der Waals surface area contributed by atoms with Crippen LogP contribution in [0.2, 0.25) is 0 Å². The van der Waals surface area contributed by atoms with Crippen molar-refractivity contribution in [1.29, 1.82) is 0 Å². The molecule has 0 bridgehead atoms. The molecule has 1 fully saturated rings. The van der Waals surface area contributed by atoms with Gasteiger partial charge in [0.1, 0.15) is 5.75 Å². The molecular formula is C17H18FNO. The van der Waals surface area contributed by atoms with E-state index in [0.29, 0.717) is 24.1 Å². The van der Waals surface area contributed by atoms with Crippen LogP contribution in [0.25, 0.3) is 0 Å². The first-order chi connectivity index (χ1) is 9.72.